The fourth-order valence-corrected chi connectivity index (χ4v) is 5.28. The first-order chi connectivity index (χ1) is 16.2. The van der Waals surface area contributed by atoms with E-state index >= 15 is 0 Å². The molecule has 0 radical (unpaired) electrons. The van der Waals surface area contributed by atoms with Gasteiger partial charge in [0.2, 0.25) is 5.91 Å². The average Bonchev–Trinajstić information content (AvgIpc) is 3.22. The van der Waals surface area contributed by atoms with Crippen molar-refractivity contribution in [1.29, 1.82) is 0 Å². The van der Waals surface area contributed by atoms with Gasteiger partial charge in [0, 0.05) is 35.8 Å². The van der Waals surface area contributed by atoms with Gasteiger partial charge in [0.1, 0.15) is 4.83 Å². The van der Waals surface area contributed by atoms with Crippen LogP contribution in [-0.2, 0) is 11.8 Å². The zero-order valence-electron chi connectivity index (χ0n) is 19.0. The Labute approximate surface area is 203 Å². The molecule has 0 aliphatic carbocycles. The van der Waals surface area contributed by atoms with E-state index in [1.165, 1.54) is 51.4 Å². The molecule has 2 aromatic heterocycles. The van der Waals surface area contributed by atoms with Crippen LogP contribution in [-0.4, -0.2) is 26.1 Å². The van der Waals surface area contributed by atoms with Crippen molar-refractivity contribution in [2.24, 2.45) is 7.05 Å². The van der Waals surface area contributed by atoms with Crippen LogP contribution < -0.4 is 10.9 Å². The molecule has 0 aliphatic rings. The van der Waals surface area contributed by atoms with Gasteiger partial charge >= 0.3 is 0 Å². The quantitative estimate of drug-likeness (QED) is 0.170. The van der Waals surface area contributed by atoms with Crippen LogP contribution in [0.1, 0.15) is 16.7 Å². The smallest absolute Gasteiger partial charge is 0.269 e. The molecule has 1 N–H and O–H groups in total. The number of rotatable bonds is 6. The first-order valence-corrected chi connectivity index (χ1v) is 12.3. The third kappa shape index (κ3) is 4.59. The summed E-state index contributed by atoms with van der Waals surface area (Å²) < 4.78 is 1.47. The Morgan fingerprint density at radius 3 is 2.59 bits per heavy atom. The Hall–Kier alpha value is -3.50. The van der Waals surface area contributed by atoms with Gasteiger partial charge < -0.3 is 5.32 Å². The van der Waals surface area contributed by atoms with Crippen LogP contribution in [0.4, 0.5) is 11.4 Å². The van der Waals surface area contributed by atoms with E-state index in [4.69, 9.17) is 0 Å². The Balaban J connectivity index is 1.55. The number of hydrogen-bond acceptors (Lipinski definition) is 7. The maximum Gasteiger partial charge on any atom is 0.269 e. The highest BCUT2D eigenvalue weighted by atomic mass is 32.2. The molecule has 4 rings (SSSR count). The third-order valence-electron chi connectivity index (χ3n) is 5.62. The number of nitro groups is 1. The van der Waals surface area contributed by atoms with Crippen molar-refractivity contribution in [1.82, 2.24) is 9.55 Å². The minimum atomic E-state index is -0.479. The van der Waals surface area contributed by atoms with Gasteiger partial charge in [-0.15, -0.1) is 11.3 Å². The van der Waals surface area contributed by atoms with Crippen LogP contribution in [0.2, 0.25) is 0 Å². The zero-order chi connectivity index (χ0) is 24.6. The molecule has 8 nitrogen and oxygen atoms in total. The number of nitro benzene ring substituents is 1. The van der Waals surface area contributed by atoms with Gasteiger partial charge in [-0.2, -0.15) is 0 Å². The molecule has 4 aromatic rings. The molecule has 0 atom stereocenters. The molecule has 0 aliphatic heterocycles. The highest BCUT2D eigenvalue weighted by molar-refractivity contribution is 7.99. The first-order valence-electron chi connectivity index (χ1n) is 10.4. The molecule has 0 unspecified atom stereocenters. The van der Waals surface area contributed by atoms with E-state index in [1.807, 2.05) is 31.4 Å². The maximum atomic E-state index is 13.2. The number of non-ortho nitro benzene ring substituents is 1. The number of anilines is 1. The Kier molecular flexibility index (Phi) is 6.54. The van der Waals surface area contributed by atoms with Crippen LogP contribution in [0.15, 0.2) is 51.7 Å². The number of nitrogens with zero attached hydrogens (tertiary/aromatic N) is 3. The van der Waals surface area contributed by atoms with Gasteiger partial charge in [-0.05, 0) is 49.1 Å². The molecule has 0 bridgehead atoms. The Morgan fingerprint density at radius 2 is 1.91 bits per heavy atom. The average molecular weight is 495 g/mol. The fraction of sp³-hybridized carbons (Fsp3) is 0.208. The van der Waals surface area contributed by atoms with Crippen molar-refractivity contribution in [3.8, 4) is 11.1 Å². The second-order valence-corrected chi connectivity index (χ2v) is 9.78. The number of aromatic nitrogens is 2. The van der Waals surface area contributed by atoms with Gasteiger partial charge in [0.05, 0.1) is 16.1 Å². The number of aryl methyl sites for hydroxylation is 3. The minimum Gasteiger partial charge on any atom is -0.325 e. The Bertz CT molecular complexity index is 1510. The molecule has 2 heterocycles. The number of benzene rings is 2. The summed E-state index contributed by atoms with van der Waals surface area (Å²) in [5.41, 5.74) is 5.09. The predicted molar refractivity (Wildman–Crippen MR) is 137 cm³/mol. The summed E-state index contributed by atoms with van der Waals surface area (Å²) in [6, 6.07) is 10.4. The summed E-state index contributed by atoms with van der Waals surface area (Å²) in [5.74, 6) is -0.254. The third-order valence-corrected chi connectivity index (χ3v) is 7.52. The second kappa shape index (κ2) is 9.40. The summed E-state index contributed by atoms with van der Waals surface area (Å²) in [4.78, 5) is 41.4. The normalized spacial score (nSPS) is 11.1. The molecule has 10 heteroatoms. The number of thiophene rings is 1. The largest absolute Gasteiger partial charge is 0.325 e. The Morgan fingerprint density at radius 1 is 1.15 bits per heavy atom. The van der Waals surface area contributed by atoms with Gasteiger partial charge in [0.25, 0.3) is 11.2 Å². The van der Waals surface area contributed by atoms with Crippen molar-refractivity contribution in [3.63, 3.8) is 0 Å². The lowest BCUT2D eigenvalue weighted by atomic mass is 10.0. The molecular weight excluding hydrogens is 472 g/mol. The summed E-state index contributed by atoms with van der Waals surface area (Å²) in [6.07, 6.45) is 0. The topological polar surface area (TPSA) is 107 Å². The van der Waals surface area contributed by atoms with E-state index in [9.17, 15) is 19.7 Å². The predicted octanol–water partition coefficient (Wildman–Crippen LogP) is 5.23. The molecule has 1 amide bonds. The number of nitrogens with one attached hydrogen (secondary N) is 1. The molecule has 0 spiro atoms. The molecule has 0 saturated carbocycles. The highest BCUT2D eigenvalue weighted by Crippen LogP contribution is 2.33. The lowest BCUT2D eigenvalue weighted by Gasteiger charge is -2.10. The van der Waals surface area contributed by atoms with Crippen molar-refractivity contribution >= 4 is 50.6 Å². The van der Waals surface area contributed by atoms with E-state index in [-0.39, 0.29) is 22.9 Å². The fourth-order valence-electron chi connectivity index (χ4n) is 3.52. The summed E-state index contributed by atoms with van der Waals surface area (Å²) >= 11 is 2.57. The minimum absolute atomic E-state index is 0.0338. The second-order valence-electron chi connectivity index (χ2n) is 7.98. The van der Waals surface area contributed by atoms with Crippen LogP contribution in [0.3, 0.4) is 0 Å². The number of carbonyl (C=O) groups excluding carboxylic acids is 1. The molecule has 2 aromatic carbocycles. The number of carbonyl (C=O) groups is 1. The van der Waals surface area contributed by atoms with Crippen molar-refractivity contribution in [3.05, 3.63) is 78.9 Å². The van der Waals surface area contributed by atoms with Crippen molar-refractivity contribution < 1.29 is 9.72 Å². The highest BCUT2D eigenvalue weighted by Gasteiger charge is 2.17. The lowest BCUT2D eigenvalue weighted by molar-refractivity contribution is -0.384. The van der Waals surface area contributed by atoms with Gasteiger partial charge in [-0.1, -0.05) is 30.0 Å². The lowest BCUT2D eigenvalue weighted by Crippen LogP contribution is -2.21. The summed E-state index contributed by atoms with van der Waals surface area (Å²) in [6.45, 7) is 5.79. The van der Waals surface area contributed by atoms with Gasteiger partial charge in [0.15, 0.2) is 5.16 Å². The van der Waals surface area contributed by atoms with Crippen LogP contribution in [0.25, 0.3) is 21.3 Å². The van der Waals surface area contributed by atoms with E-state index in [1.54, 1.807) is 14.0 Å². The van der Waals surface area contributed by atoms with Crippen molar-refractivity contribution in [2.45, 2.75) is 25.9 Å². The molecule has 0 saturated heterocycles. The SMILES string of the molecule is Cc1ccc(-c2csc3nc(SCC(=O)Nc4ccc([N+](=O)[O-])cc4C)n(C)c(=O)c23)cc1C. The van der Waals surface area contributed by atoms with E-state index in [0.29, 0.717) is 26.6 Å². The first kappa shape index (κ1) is 23.7. The standard InChI is InChI=1S/C24H22N4O4S2/c1-13-5-6-16(9-14(13)2)18-11-33-22-21(18)23(30)27(4)24(26-22)34-12-20(29)25-19-8-7-17(28(31)32)10-15(19)3/h5-11H,12H2,1-4H3,(H,25,29). The van der Waals surface area contributed by atoms with Crippen LogP contribution in [0.5, 0.6) is 0 Å². The number of fused-ring (bicyclic) bond motifs is 1. The number of hydrogen-bond donors (Lipinski definition) is 1. The molecule has 34 heavy (non-hydrogen) atoms. The van der Waals surface area contributed by atoms with Gasteiger partial charge in [-0.3, -0.25) is 24.3 Å². The summed E-state index contributed by atoms with van der Waals surface area (Å²) in [7, 11) is 1.65. The summed E-state index contributed by atoms with van der Waals surface area (Å²) in [5, 5.41) is 16.6. The number of amides is 1. The molecular formula is C24H22N4O4S2. The van der Waals surface area contributed by atoms with E-state index in [0.717, 1.165) is 16.7 Å². The zero-order valence-corrected chi connectivity index (χ0v) is 20.7. The molecule has 0 fully saturated rings. The monoisotopic (exact) mass is 494 g/mol. The van der Waals surface area contributed by atoms with E-state index < -0.39 is 4.92 Å². The number of thioether (sulfide) groups is 1. The molecule has 174 valence electrons. The maximum absolute atomic E-state index is 13.2. The van der Waals surface area contributed by atoms with Crippen LogP contribution >= 0.6 is 23.1 Å². The van der Waals surface area contributed by atoms with Crippen LogP contribution in [0, 0.1) is 30.9 Å². The van der Waals surface area contributed by atoms with Gasteiger partial charge in [-0.25, -0.2) is 4.98 Å². The van der Waals surface area contributed by atoms with Crippen molar-refractivity contribution in [2.75, 3.05) is 11.1 Å². The van der Waals surface area contributed by atoms with E-state index in [2.05, 4.69) is 16.4 Å².